The van der Waals surface area contributed by atoms with Crippen LogP contribution >= 0.6 is 15.9 Å². The Morgan fingerprint density at radius 3 is 2.94 bits per heavy atom. The number of benzene rings is 1. The van der Waals surface area contributed by atoms with Crippen molar-refractivity contribution in [3.8, 4) is 5.75 Å². The Hall–Kier alpha value is -0.870. The molecule has 1 aromatic carbocycles. The molecule has 3 nitrogen and oxygen atoms in total. The highest BCUT2D eigenvalue weighted by Crippen LogP contribution is 2.32. The van der Waals surface area contributed by atoms with Gasteiger partial charge in [0.15, 0.2) is 6.29 Å². The topological polar surface area (TPSA) is 35.5 Å². The summed E-state index contributed by atoms with van der Waals surface area (Å²) in [4.78, 5) is 10.9. The number of hydrogen-bond donors (Lipinski definition) is 0. The maximum absolute atomic E-state index is 10.9. The lowest BCUT2D eigenvalue weighted by Gasteiger charge is -2.20. The van der Waals surface area contributed by atoms with Crippen molar-refractivity contribution >= 4 is 22.2 Å². The van der Waals surface area contributed by atoms with Gasteiger partial charge >= 0.3 is 0 Å². The van der Waals surface area contributed by atoms with Crippen molar-refractivity contribution in [3.05, 3.63) is 28.2 Å². The van der Waals surface area contributed by atoms with Crippen LogP contribution < -0.4 is 4.74 Å². The number of ether oxygens (including phenoxy) is 2. The number of carbonyl (C=O) groups is 1. The summed E-state index contributed by atoms with van der Waals surface area (Å²) in [5.74, 6) is 0.598. The second-order valence-electron chi connectivity index (χ2n) is 5.13. The molecule has 1 atom stereocenters. The van der Waals surface area contributed by atoms with E-state index in [1.807, 2.05) is 12.1 Å². The van der Waals surface area contributed by atoms with E-state index in [4.69, 9.17) is 9.47 Å². The molecule has 1 aliphatic heterocycles. The van der Waals surface area contributed by atoms with Gasteiger partial charge in [-0.3, -0.25) is 4.79 Å². The second-order valence-corrected chi connectivity index (χ2v) is 5.98. The highest BCUT2D eigenvalue weighted by atomic mass is 79.9. The zero-order chi connectivity index (χ0) is 13.2. The summed E-state index contributed by atoms with van der Waals surface area (Å²) in [5, 5.41) is 0. The van der Waals surface area contributed by atoms with E-state index in [1.54, 1.807) is 6.07 Å². The van der Waals surface area contributed by atoms with Crippen LogP contribution in [0.3, 0.4) is 0 Å². The van der Waals surface area contributed by atoms with Crippen molar-refractivity contribution in [2.75, 3.05) is 6.61 Å². The Morgan fingerprint density at radius 1 is 1.56 bits per heavy atom. The van der Waals surface area contributed by atoms with Gasteiger partial charge in [-0.25, -0.2) is 0 Å². The van der Waals surface area contributed by atoms with Crippen molar-refractivity contribution in [2.45, 2.75) is 38.4 Å². The van der Waals surface area contributed by atoms with Gasteiger partial charge in [-0.15, -0.1) is 0 Å². The van der Waals surface area contributed by atoms with E-state index in [-0.39, 0.29) is 11.7 Å². The van der Waals surface area contributed by atoms with Crippen molar-refractivity contribution in [3.63, 3.8) is 0 Å². The molecule has 0 saturated carbocycles. The summed E-state index contributed by atoms with van der Waals surface area (Å²) in [7, 11) is 0. The third-order valence-electron chi connectivity index (χ3n) is 3.09. The summed E-state index contributed by atoms with van der Waals surface area (Å²) in [6.07, 6.45) is 2.94. The fraction of sp³-hybridized carbons (Fsp3) is 0.500. The van der Waals surface area contributed by atoms with Crippen LogP contribution in [0.15, 0.2) is 22.7 Å². The largest absolute Gasteiger partial charge is 0.489 e. The predicted octanol–water partition coefficient (Wildman–Crippen LogP) is 3.60. The number of halogens is 1. The first kappa shape index (κ1) is 13.6. The van der Waals surface area contributed by atoms with Crippen molar-refractivity contribution in [1.29, 1.82) is 0 Å². The molecule has 0 radical (unpaired) electrons. The molecular weight excluding hydrogens is 296 g/mol. The summed E-state index contributed by atoms with van der Waals surface area (Å²) >= 11 is 3.40. The molecule has 1 aliphatic rings. The molecule has 1 saturated heterocycles. The molecule has 0 aliphatic carbocycles. The summed E-state index contributed by atoms with van der Waals surface area (Å²) in [6, 6.07) is 5.42. The van der Waals surface area contributed by atoms with E-state index in [2.05, 4.69) is 29.8 Å². The van der Waals surface area contributed by atoms with Gasteiger partial charge in [-0.1, -0.05) is 6.07 Å². The van der Waals surface area contributed by atoms with Gasteiger partial charge in [-0.2, -0.15) is 0 Å². The number of carbonyl (C=O) groups excluding carboxylic acids is 1. The zero-order valence-corrected chi connectivity index (χ0v) is 12.2. The van der Waals surface area contributed by atoms with Crippen LogP contribution in [0.4, 0.5) is 0 Å². The van der Waals surface area contributed by atoms with Crippen LogP contribution in [-0.4, -0.2) is 24.6 Å². The van der Waals surface area contributed by atoms with Gasteiger partial charge in [0, 0.05) is 0 Å². The van der Waals surface area contributed by atoms with Gasteiger partial charge in [0.2, 0.25) is 0 Å². The number of hydrogen-bond acceptors (Lipinski definition) is 3. The van der Waals surface area contributed by atoms with Crippen molar-refractivity contribution in [1.82, 2.24) is 0 Å². The maximum atomic E-state index is 10.9. The smallest absolute Gasteiger partial charge is 0.153 e. The fourth-order valence-corrected chi connectivity index (χ4v) is 2.64. The summed E-state index contributed by atoms with van der Waals surface area (Å²) < 4.78 is 12.4. The molecular formula is C14H17BrO3. The molecule has 0 spiro atoms. The van der Waals surface area contributed by atoms with Crippen LogP contribution in [0.2, 0.25) is 0 Å². The lowest BCUT2D eigenvalue weighted by atomic mass is 10.1. The van der Waals surface area contributed by atoms with Gasteiger partial charge in [0.25, 0.3) is 0 Å². The minimum Gasteiger partial charge on any atom is -0.489 e. The van der Waals surface area contributed by atoms with Crippen molar-refractivity contribution in [2.24, 2.45) is 0 Å². The van der Waals surface area contributed by atoms with Crippen LogP contribution in [0.1, 0.15) is 37.0 Å². The molecule has 0 bridgehead atoms. The first-order chi connectivity index (χ1) is 8.52. The Kier molecular flexibility index (Phi) is 4.07. The predicted molar refractivity (Wildman–Crippen MR) is 73.2 cm³/mol. The highest BCUT2D eigenvalue weighted by molar-refractivity contribution is 9.10. The lowest BCUT2D eigenvalue weighted by molar-refractivity contribution is -0.0328. The Balaban J connectivity index is 2.01. The minimum absolute atomic E-state index is 0.0601. The fourth-order valence-electron chi connectivity index (χ4n) is 2.14. The summed E-state index contributed by atoms with van der Waals surface area (Å²) in [5.41, 5.74) is 0.497. The van der Waals surface area contributed by atoms with E-state index in [0.717, 1.165) is 23.6 Å². The third kappa shape index (κ3) is 3.12. The Bertz CT molecular complexity index is 443. The highest BCUT2D eigenvalue weighted by Gasteiger charge is 2.32. The van der Waals surface area contributed by atoms with Crippen LogP contribution in [0, 0.1) is 0 Å². The van der Waals surface area contributed by atoms with Crippen molar-refractivity contribution < 1.29 is 14.3 Å². The molecule has 1 fully saturated rings. The molecule has 1 heterocycles. The number of rotatable bonds is 4. The Labute approximate surface area is 116 Å². The first-order valence-corrected chi connectivity index (χ1v) is 6.85. The molecule has 18 heavy (non-hydrogen) atoms. The van der Waals surface area contributed by atoms with E-state index >= 15 is 0 Å². The molecule has 98 valence electrons. The number of aldehydes is 1. The van der Waals surface area contributed by atoms with Gasteiger partial charge in [-0.05, 0) is 54.8 Å². The molecule has 1 unspecified atom stereocenters. The molecule has 2 rings (SSSR count). The van der Waals surface area contributed by atoms with Gasteiger partial charge in [0.1, 0.15) is 12.4 Å². The quantitative estimate of drug-likeness (QED) is 0.797. The maximum Gasteiger partial charge on any atom is 0.153 e. The molecule has 0 amide bonds. The van der Waals surface area contributed by atoms with E-state index in [9.17, 15) is 4.79 Å². The summed E-state index contributed by atoms with van der Waals surface area (Å²) in [6.45, 7) is 4.65. The number of para-hydroxylation sites is 1. The second kappa shape index (κ2) is 5.41. The van der Waals surface area contributed by atoms with Gasteiger partial charge < -0.3 is 9.47 Å². The average molecular weight is 313 g/mol. The van der Waals surface area contributed by atoms with Crippen LogP contribution in [0.25, 0.3) is 0 Å². The van der Waals surface area contributed by atoms with Crippen LogP contribution in [0.5, 0.6) is 5.75 Å². The molecule has 0 N–H and O–H groups in total. The zero-order valence-electron chi connectivity index (χ0n) is 10.6. The third-order valence-corrected chi connectivity index (χ3v) is 3.72. The molecule has 1 aromatic rings. The minimum atomic E-state index is -0.0601. The normalized spacial score (nSPS) is 21.8. The standard InChI is InChI=1S/C14H17BrO3/c1-14(2)7-6-11(18-14)9-17-13-10(8-16)4-3-5-12(13)15/h3-5,8,11H,6-7,9H2,1-2H3. The van der Waals surface area contributed by atoms with Crippen LogP contribution in [-0.2, 0) is 4.74 Å². The van der Waals surface area contributed by atoms with Gasteiger partial charge in [0.05, 0.1) is 21.7 Å². The van der Waals surface area contributed by atoms with E-state index in [0.29, 0.717) is 17.9 Å². The SMILES string of the molecule is CC1(C)CCC(COc2c(Br)cccc2C=O)O1. The molecule has 4 heteroatoms. The molecule has 0 aromatic heterocycles. The average Bonchev–Trinajstić information content (AvgIpc) is 2.67. The first-order valence-electron chi connectivity index (χ1n) is 6.06. The lowest BCUT2D eigenvalue weighted by Crippen LogP contribution is -2.24. The Morgan fingerprint density at radius 2 is 2.33 bits per heavy atom. The monoisotopic (exact) mass is 312 g/mol. The van der Waals surface area contributed by atoms with E-state index < -0.39 is 0 Å². The van der Waals surface area contributed by atoms with E-state index in [1.165, 1.54) is 0 Å².